The number of cyclic esters (lactones) is 1. The highest BCUT2D eigenvalue weighted by Gasteiger charge is 2.46. The van der Waals surface area contributed by atoms with E-state index in [1.807, 2.05) is 0 Å². The first-order chi connectivity index (χ1) is 15.6. The summed E-state index contributed by atoms with van der Waals surface area (Å²) in [6.45, 7) is 3.03. The molecule has 1 N–H and O–H groups in total. The molecule has 2 aromatic heterocycles. The number of rotatable bonds is 1. The van der Waals surface area contributed by atoms with Crippen LogP contribution >= 0.6 is 0 Å². The van der Waals surface area contributed by atoms with Crippen LogP contribution in [0.15, 0.2) is 27.8 Å². The Balaban J connectivity index is 1.73. The van der Waals surface area contributed by atoms with Crippen LogP contribution in [0.25, 0.3) is 22.2 Å². The van der Waals surface area contributed by atoms with Crippen LogP contribution in [-0.4, -0.2) is 20.2 Å². The zero-order valence-electron chi connectivity index (χ0n) is 18.0. The molecule has 33 heavy (non-hydrogen) atoms. The molecule has 3 aromatic rings. The minimum absolute atomic E-state index is 0.0137. The fourth-order valence-electron chi connectivity index (χ4n) is 5.54. The molecule has 0 aliphatic carbocycles. The fourth-order valence-corrected chi connectivity index (χ4v) is 5.54. The van der Waals surface area contributed by atoms with Crippen molar-refractivity contribution in [2.24, 2.45) is 0 Å². The maximum Gasteiger partial charge on any atom is 0.343 e. The second kappa shape index (κ2) is 6.17. The third-order valence-electron chi connectivity index (χ3n) is 7.40. The summed E-state index contributed by atoms with van der Waals surface area (Å²) >= 11 is 0. The summed E-state index contributed by atoms with van der Waals surface area (Å²) in [5, 5.41) is 11.0. The van der Waals surface area contributed by atoms with Crippen molar-refractivity contribution in [2.75, 3.05) is 0 Å². The van der Waals surface area contributed by atoms with E-state index in [4.69, 9.17) is 4.74 Å². The Bertz CT molecular complexity index is 1550. The van der Waals surface area contributed by atoms with Crippen molar-refractivity contribution in [2.45, 2.75) is 57.7 Å². The van der Waals surface area contributed by atoms with Crippen LogP contribution in [-0.2, 0) is 40.5 Å². The number of benzene rings is 1. The molecule has 3 aliphatic rings. The van der Waals surface area contributed by atoms with Crippen LogP contribution < -0.4 is 11.0 Å². The van der Waals surface area contributed by atoms with E-state index in [1.165, 1.54) is 17.6 Å². The van der Waals surface area contributed by atoms with Crippen molar-refractivity contribution in [1.29, 1.82) is 0 Å². The molecular weight excluding hydrogens is 434 g/mol. The van der Waals surface area contributed by atoms with Crippen molar-refractivity contribution in [3.8, 4) is 11.3 Å². The smallest absolute Gasteiger partial charge is 0.343 e. The summed E-state index contributed by atoms with van der Waals surface area (Å²) in [7, 11) is 0. The van der Waals surface area contributed by atoms with Gasteiger partial charge in [0.2, 0.25) is 0 Å². The van der Waals surface area contributed by atoms with Crippen LogP contribution in [0, 0.1) is 5.82 Å². The topological polar surface area (TPSA) is 90.5 Å². The van der Waals surface area contributed by atoms with Crippen LogP contribution in [0.2, 0.25) is 0 Å². The van der Waals surface area contributed by atoms with E-state index in [2.05, 4.69) is 0 Å². The van der Waals surface area contributed by atoms with Gasteiger partial charge in [-0.2, -0.15) is 0 Å². The van der Waals surface area contributed by atoms with Gasteiger partial charge in [0.1, 0.15) is 18.1 Å². The first kappa shape index (κ1) is 20.3. The predicted octanol–water partition coefficient (Wildman–Crippen LogP) is 2.57. The lowest BCUT2D eigenvalue weighted by Gasteiger charge is -2.32. The number of pyridine rings is 2. The molecule has 2 atom stereocenters. The Morgan fingerprint density at radius 1 is 1.15 bits per heavy atom. The third kappa shape index (κ3) is 2.37. The van der Waals surface area contributed by atoms with Crippen LogP contribution in [0.3, 0.4) is 0 Å². The van der Waals surface area contributed by atoms with E-state index >= 15 is 4.39 Å². The predicted molar refractivity (Wildman–Crippen MR) is 114 cm³/mol. The maximum atomic E-state index is 15.3. The molecule has 0 spiro atoms. The van der Waals surface area contributed by atoms with Gasteiger partial charge in [0.15, 0.2) is 11.0 Å². The van der Waals surface area contributed by atoms with Crippen molar-refractivity contribution < 1.29 is 23.4 Å². The molecular formula is C24H20F2N2O5. The summed E-state index contributed by atoms with van der Waals surface area (Å²) in [5.74, 6) is -1.56. The lowest BCUT2D eigenvalue weighted by Crippen LogP contribution is -2.44. The lowest BCUT2D eigenvalue weighted by atomic mass is 9.85. The number of hydrogen-bond acceptors (Lipinski definition) is 5. The number of ether oxygens (including phenoxy) is 1. The zero-order valence-corrected chi connectivity index (χ0v) is 18.0. The highest BCUT2D eigenvalue weighted by atomic mass is 19.1. The molecule has 0 saturated carbocycles. The average molecular weight is 454 g/mol. The molecule has 0 amide bonds. The van der Waals surface area contributed by atoms with Gasteiger partial charge in [0.05, 0.1) is 34.6 Å². The monoisotopic (exact) mass is 454 g/mol. The van der Waals surface area contributed by atoms with Gasteiger partial charge in [-0.05, 0) is 31.5 Å². The van der Waals surface area contributed by atoms with Crippen LogP contribution in [0.4, 0.5) is 8.78 Å². The molecule has 6 rings (SSSR count). The Morgan fingerprint density at radius 3 is 2.64 bits per heavy atom. The Labute approximate surface area is 185 Å². The fraction of sp³-hybridized carbons (Fsp3) is 0.375. The van der Waals surface area contributed by atoms with Gasteiger partial charge in [-0.1, -0.05) is 6.92 Å². The molecule has 170 valence electrons. The maximum absolute atomic E-state index is 15.3. The standard InChI is InChI=1S/C24H20F2N2O5/c1-3-24(32)14-8-16-18-17(9-28(16)21(30)13(14)10-33-22(24)31)27-5-4-23(2,26)15-7-11(25)6-12(19(15)27)20(18)29/h6-8,32H,3-5,9-10H2,1-2H3/t23?,24-/m0/s1. The van der Waals surface area contributed by atoms with Gasteiger partial charge in [0.25, 0.3) is 5.56 Å². The van der Waals surface area contributed by atoms with Gasteiger partial charge < -0.3 is 19.0 Å². The number of carbonyl (C=O) groups is 1. The van der Waals surface area contributed by atoms with Crippen molar-refractivity contribution >= 4 is 16.9 Å². The van der Waals surface area contributed by atoms with Gasteiger partial charge in [0, 0.05) is 29.5 Å². The van der Waals surface area contributed by atoms with E-state index in [0.717, 1.165) is 12.1 Å². The van der Waals surface area contributed by atoms with Crippen molar-refractivity contribution in [1.82, 2.24) is 9.13 Å². The molecule has 0 radical (unpaired) electrons. The number of fused-ring (bicyclic) bond motifs is 5. The van der Waals surface area contributed by atoms with E-state index in [0.29, 0.717) is 11.2 Å². The van der Waals surface area contributed by atoms with Gasteiger partial charge in [-0.15, -0.1) is 0 Å². The van der Waals surface area contributed by atoms with Gasteiger partial charge in [-0.3, -0.25) is 9.59 Å². The average Bonchev–Trinajstić information content (AvgIpc) is 3.16. The lowest BCUT2D eigenvalue weighted by molar-refractivity contribution is -0.172. The number of alkyl halides is 1. The normalized spacial score (nSPS) is 24.9. The SMILES string of the molecule is CC[C@@]1(O)C(=O)OCc2c1cc1n(c2=O)Cc2c-1c(=O)c1cc(F)cc3c1n2CCC3(C)F. The largest absolute Gasteiger partial charge is 0.458 e. The first-order valence-corrected chi connectivity index (χ1v) is 10.8. The molecule has 9 heteroatoms. The molecule has 7 nitrogen and oxygen atoms in total. The molecule has 1 aromatic carbocycles. The van der Waals surface area contributed by atoms with Crippen LogP contribution in [0.1, 0.15) is 49.1 Å². The van der Waals surface area contributed by atoms with E-state index < -0.39 is 34.0 Å². The number of carbonyl (C=O) groups excluding carboxylic acids is 1. The minimum Gasteiger partial charge on any atom is -0.458 e. The van der Waals surface area contributed by atoms with E-state index in [9.17, 15) is 23.9 Å². The molecule has 1 unspecified atom stereocenters. The summed E-state index contributed by atoms with van der Waals surface area (Å²) in [6, 6.07) is 3.72. The third-order valence-corrected chi connectivity index (χ3v) is 7.40. The first-order valence-electron chi connectivity index (χ1n) is 10.8. The number of hydrogen-bond donors (Lipinski definition) is 1. The summed E-state index contributed by atoms with van der Waals surface area (Å²) < 4.78 is 38.0. The van der Waals surface area contributed by atoms with E-state index in [-0.39, 0.29) is 65.9 Å². The highest BCUT2D eigenvalue weighted by Crippen LogP contribution is 2.43. The number of aliphatic hydroxyl groups is 1. The molecule has 3 aliphatic heterocycles. The Morgan fingerprint density at radius 2 is 1.91 bits per heavy atom. The number of esters is 1. The Kier molecular flexibility index (Phi) is 3.79. The quantitative estimate of drug-likeness (QED) is 0.447. The number of halogens is 2. The zero-order chi connectivity index (χ0) is 23.4. The molecule has 5 heterocycles. The molecule has 0 saturated heterocycles. The van der Waals surface area contributed by atoms with Gasteiger partial charge >= 0.3 is 5.97 Å². The summed E-state index contributed by atoms with van der Waals surface area (Å²) in [4.78, 5) is 39.3. The highest BCUT2D eigenvalue weighted by molar-refractivity contribution is 5.90. The van der Waals surface area contributed by atoms with E-state index in [1.54, 1.807) is 11.5 Å². The second-order valence-electron chi connectivity index (χ2n) is 9.20. The summed E-state index contributed by atoms with van der Waals surface area (Å²) in [6.07, 6.45) is 0.0771. The van der Waals surface area contributed by atoms with Crippen molar-refractivity contribution in [3.05, 3.63) is 67.0 Å². The Hall–Kier alpha value is -3.33. The van der Waals surface area contributed by atoms with Gasteiger partial charge in [-0.25, -0.2) is 13.6 Å². The van der Waals surface area contributed by atoms with Crippen LogP contribution in [0.5, 0.6) is 0 Å². The van der Waals surface area contributed by atoms with Crippen molar-refractivity contribution in [3.63, 3.8) is 0 Å². The number of nitrogens with zero attached hydrogens (tertiary/aromatic N) is 2. The molecule has 0 bridgehead atoms. The molecule has 0 fully saturated rings. The number of aryl methyl sites for hydroxylation is 1. The minimum atomic E-state index is -2.00. The second-order valence-corrected chi connectivity index (χ2v) is 9.20. The number of aromatic nitrogens is 2. The summed E-state index contributed by atoms with van der Waals surface area (Å²) in [5.41, 5.74) is -3.04.